The van der Waals surface area contributed by atoms with Gasteiger partial charge in [0.25, 0.3) is 0 Å². The summed E-state index contributed by atoms with van der Waals surface area (Å²) in [5.74, 6) is 0.608. The van der Waals surface area contributed by atoms with Crippen LogP contribution in [0.2, 0.25) is 0 Å². The second-order valence-corrected chi connectivity index (χ2v) is 6.78. The lowest BCUT2D eigenvalue weighted by molar-refractivity contribution is -0.121. The summed E-state index contributed by atoms with van der Waals surface area (Å²) in [4.78, 5) is 24.7. The van der Waals surface area contributed by atoms with Crippen LogP contribution in [-0.4, -0.2) is 18.8 Å². The quantitative estimate of drug-likeness (QED) is 0.748. The van der Waals surface area contributed by atoms with E-state index in [4.69, 9.17) is 4.74 Å². The summed E-state index contributed by atoms with van der Waals surface area (Å²) in [6, 6.07) is 11.5. The van der Waals surface area contributed by atoms with Crippen molar-refractivity contribution in [3.8, 4) is 5.75 Å². The van der Waals surface area contributed by atoms with Crippen LogP contribution in [0.1, 0.15) is 58.4 Å². The first-order valence-corrected chi connectivity index (χ1v) is 8.86. The zero-order valence-electron chi connectivity index (χ0n) is 16.2. The zero-order chi connectivity index (χ0) is 19.3. The second-order valence-electron chi connectivity index (χ2n) is 6.78. The molecule has 0 bridgehead atoms. The monoisotopic (exact) mass is 353 g/mol. The van der Waals surface area contributed by atoms with Gasteiger partial charge in [-0.25, -0.2) is 0 Å². The van der Waals surface area contributed by atoms with Crippen molar-refractivity contribution in [3.63, 3.8) is 0 Å². The van der Waals surface area contributed by atoms with Gasteiger partial charge < -0.3 is 10.1 Å². The third-order valence-electron chi connectivity index (χ3n) is 4.50. The van der Waals surface area contributed by atoms with E-state index in [2.05, 4.69) is 5.32 Å². The molecule has 1 unspecified atom stereocenters. The van der Waals surface area contributed by atoms with Gasteiger partial charge in [-0.15, -0.1) is 0 Å². The maximum atomic E-state index is 12.4. The van der Waals surface area contributed by atoms with Gasteiger partial charge in [-0.3, -0.25) is 9.59 Å². The lowest BCUT2D eigenvalue weighted by Crippen LogP contribution is -2.27. The van der Waals surface area contributed by atoms with Crippen molar-refractivity contribution < 1.29 is 14.3 Å². The fourth-order valence-electron chi connectivity index (χ4n) is 2.98. The van der Waals surface area contributed by atoms with Gasteiger partial charge >= 0.3 is 0 Å². The van der Waals surface area contributed by atoms with Gasteiger partial charge in [-0.2, -0.15) is 0 Å². The molecule has 1 atom stereocenters. The Bertz CT molecular complexity index is 811. The number of hydrogen-bond donors (Lipinski definition) is 1. The van der Waals surface area contributed by atoms with Crippen LogP contribution in [0, 0.1) is 20.8 Å². The first-order chi connectivity index (χ1) is 12.3. The number of Topliss-reactive ketones (excluding diaryl/α,β-unsaturated/α-hetero) is 1. The molecule has 0 radical (unpaired) electrons. The number of benzene rings is 2. The van der Waals surface area contributed by atoms with Crippen LogP contribution in [0.25, 0.3) is 0 Å². The Kier molecular flexibility index (Phi) is 6.56. The van der Waals surface area contributed by atoms with Gasteiger partial charge in [0.15, 0.2) is 5.78 Å². The molecule has 0 aliphatic rings. The topological polar surface area (TPSA) is 55.4 Å². The Morgan fingerprint density at radius 2 is 1.65 bits per heavy atom. The van der Waals surface area contributed by atoms with Gasteiger partial charge in [-0.05, 0) is 45.4 Å². The number of hydrogen-bond acceptors (Lipinski definition) is 3. The van der Waals surface area contributed by atoms with Crippen molar-refractivity contribution >= 4 is 11.7 Å². The molecule has 2 aromatic carbocycles. The highest BCUT2D eigenvalue weighted by molar-refractivity contribution is 5.99. The average Bonchev–Trinajstić information content (AvgIpc) is 2.61. The van der Waals surface area contributed by atoms with E-state index in [9.17, 15) is 9.59 Å². The largest absolute Gasteiger partial charge is 0.496 e. The maximum Gasteiger partial charge on any atom is 0.220 e. The highest BCUT2D eigenvalue weighted by Crippen LogP contribution is 2.26. The molecule has 0 heterocycles. The number of rotatable bonds is 7. The van der Waals surface area contributed by atoms with E-state index in [0.717, 1.165) is 28.0 Å². The predicted octanol–water partition coefficient (Wildman–Crippen LogP) is 4.46. The molecule has 0 spiro atoms. The summed E-state index contributed by atoms with van der Waals surface area (Å²) < 4.78 is 5.38. The molecule has 4 nitrogen and oxygen atoms in total. The van der Waals surface area contributed by atoms with Crippen LogP contribution in [0.3, 0.4) is 0 Å². The van der Waals surface area contributed by atoms with Crippen LogP contribution in [0.4, 0.5) is 0 Å². The molecule has 26 heavy (non-hydrogen) atoms. The Morgan fingerprint density at radius 3 is 2.35 bits per heavy atom. The number of methoxy groups -OCH3 is 1. The summed E-state index contributed by atoms with van der Waals surface area (Å²) >= 11 is 0. The molecule has 0 saturated carbocycles. The number of amides is 1. The van der Waals surface area contributed by atoms with Gasteiger partial charge in [-0.1, -0.05) is 35.4 Å². The summed E-state index contributed by atoms with van der Waals surface area (Å²) in [6.45, 7) is 7.79. The number of nitrogens with one attached hydrogen (secondary N) is 1. The third-order valence-corrected chi connectivity index (χ3v) is 4.50. The first-order valence-electron chi connectivity index (χ1n) is 8.86. The van der Waals surface area contributed by atoms with Crippen molar-refractivity contribution in [2.45, 2.75) is 46.6 Å². The highest BCUT2D eigenvalue weighted by atomic mass is 16.5. The Labute approximate surface area is 155 Å². The van der Waals surface area contributed by atoms with Gasteiger partial charge in [0.05, 0.1) is 13.2 Å². The van der Waals surface area contributed by atoms with Crippen LogP contribution < -0.4 is 10.1 Å². The molecule has 1 N–H and O–H groups in total. The Hall–Kier alpha value is -2.62. The van der Waals surface area contributed by atoms with E-state index in [0.29, 0.717) is 5.56 Å². The normalized spacial score (nSPS) is 11.7. The van der Waals surface area contributed by atoms with E-state index < -0.39 is 0 Å². The van der Waals surface area contributed by atoms with Crippen molar-refractivity contribution in [2.75, 3.05) is 7.11 Å². The summed E-state index contributed by atoms with van der Waals surface area (Å²) in [5.41, 5.74) is 4.72. The third kappa shape index (κ3) is 4.94. The molecule has 2 aromatic rings. The van der Waals surface area contributed by atoms with E-state index in [1.54, 1.807) is 7.11 Å². The van der Waals surface area contributed by atoms with E-state index in [1.807, 2.05) is 64.1 Å². The lowest BCUT2D eigenvalue weighted by Gasteiger charge is -2.18. The minimum absolute atomic E-state index is 0.00198. The number of ether oxygens (including phenoxy) is 1. The van der Waals surface area contributed by atoms with Crippen LogP contribution in [0.15, 0.2) is 36.4 Å². The van der Waals surface area contributed by atoms with E-state index >= 15 is 0 Å². The van der Waals surface area contributed by atoms with Crippen LogP contribution >= 0.6 is 0 Å². The number of ketones is 1. The summed E-state index contributed by atoms with van der Waals surface area (Å²) in [7, 11) is 1.62. The van der Waals surface area contributed by atoms with E-state index in [1.165, 1.54) is 0 Å². The number of carbonyl (C=O) groups is 2. The van der Waals surface area contributed by atoms with Gasteiger partial charge in [0, 0.05) is 24.0 Å². The SMILES string of the molecule is COc1ccc(C)cc1C(C)NC(=O)CCC(=O)c1cc(C)ccc1C. The van der Waals surface area contributed by atoms with Crippen molar-refractivity contribution in [2.24, 2.45) is 0 Å². The summed E-state index contributed by atoms with van der Waals surface area (Å²) in [5, 5.41) is 2.96. The molecule has 0 aromatic heterocycles. The van der Waals surface area contributed by atoms with Gasteiger partial charge in [0.1, 0.15) is 5.75 Å². The van der Waals surface area contributed by atoms with Crippen molar-refractivity contribution in [3.05, 3.63) is 64.2 Å². The predicted molar refractivity (Wildman–Crippen MR) is 104 cm³/mol. The smallest absolute Gasteiger partial charge is 0.220 e. The van der Waals surface area contributed by atoms with Crippen molar-refractivity contribution in [1.82, 2.24) is 5.32 Å². The number of carbonyl (C=O) groups excluding carboxylic acids is 2. The molecular formula is C22H27NO3. The minimum atomic E-state index is -0.187. The molecule has 138 valence electrons. The highest BCUT2D eigenvalue weighted by Gasteiger charge is 2.16. The minimum Gasteiger partial charge on any atom is -0.496 e. The molecule has 0 aliphatic heterocycles. The first kappa shape index (κ1) is 19.7. The van der Waals surface area contributed by atoms with Crippen LogP contribution in [0.5, 0.6) is 5.75 Å². The summed E-state index contributed by atoms with van der Waals surface area (Å²) in [6.07, 6.45) is 0.373. The number of aryl methyl sites for hydroxylation is 3. The molecular weight excluding hydrogens is 326 g/mol. The fraction of sp³-hybridized carbons (Fsp3) is 0.364. The molecule has 2 rings (SSSR count). The molecule has 0 aliphatic carbocycles. The standard InChI is InChI=1S/C22H27NO3/c1-14-6-8-16(3)18(12-14)20(24)9-11-22(25)23-17(4)19-13-15(2)7-10-21(19)26-5/h6-8,10,12-13,17H,9,11H2,1-5H3,(H,23,25). The molecule has 1 amide bonds. The Morgan fingerprint density at radius 1 is 1.00 bits per heavy atom. The van der Waals surface area contributed by atoms with Crippen LogP contribution in [-0.2, 0) is 4.79 Å². The fourth-order valence-corrected chi connectivity index (χ4v) is 2.98. The lowest BCUT2D eigenvalue weighted by atomic mass is 9.99. The van der Waals surface area contributed by atoms with E-state index in [-0.39, 0.29) is 30.6 Å². The Balaban J connectivity index is 1.97. The maximum absolute atomic E-state index is 12.4. The second kappa shape index (κ2) is 8.65. The average molecular weight is 353 g/mol. The zero-order valence-corrected chi connectivity index (χ0v) is 16.2. The molecule has 0 saturated heterocycles. The van der Waals surface area contributed by atoms with Gasteiger partial charge in [0.2, 0.25) is 5.91 Å². The molecule has 4 heteroatoms. The van der Waals surface area contributed by atoms with Crippen molar-refractivity contribution in [1.29, 1.82) is 0 Å². The molecule has 0 fully saturated rings.